The Balaban J connectivity index is 4.53. The van der Waals surface area contributed by atoms with Crippen molar-refractivity contribution in [1.29, 1.82) is 0 Å². The standard InChI is InChI=1S/C23H39FN4/c1-20(23(2,3)4)19-28-16-9-7-11-21(12-17-25-5)22(26-6)13-18-27-15-10-8-14-24/h8,10,12,15,17,20,28H,5-7,9,11,13-14,16,18-19H2,1-4H3/b10-8-,17-12-,22-21+,27-15?. The molecule has 0 rings (SSSR count). The number of hydrogen-bond acceptors (Lipinski definition) is 4. The molecule has 5 heteroatoms. The van der Waals surface area contributed by atoms with E-state index in [0.29, 0.717) is 24.3 Å². The van der Waals surface area contributed by atoms with Crippen LogP contribution in [0.1, 0.15) is 53.4 Å². The lowest BCUT2D eigenvalue weighted by Gasteiger charge is -2.27. The summed E-state index contributed by atoms with van der Waals surface area (Å²) in [6, 6.07) is 0. The van der Waals surface area contributed by atoms with Gasteiger partial charge in [0, 0.05) is 31.1 Å². The molecule has 0 radical (unpaired) electrons. The first-order chi connectivity index (χ1) is 13.4. The van der Waals surface area contributed by atoms with Gasteiger partial charge in [0.25, 0.3) is 0 Å². The molecule has 1 N–H and O–H groups in total. The van der Waals surface area contributed by atoms with E-state index in [-0.39, 0.29) is 0 Å². The molecule has 1 unspecified atom stereocenters. The zero-order valence-corrected chi connectivity index (χ0v) is 18.3. The molecule has 4 nitrogen and oxygen atoms in total. The van der Waals surface area contributed by atoms with E-state index in [4.69, 9.17) is 0 Å². The van der Waals surface area contributed by atoms with Gasteiger partial charge in [-0.05, 0) is 74.8 Å². The summed E-state index contributed by atoms with van der Waals surface area (Å²) in [5.41, 5.74) is 2.39. The number of nitrogens with zero attached hydrogens (tertiary/aromatic N) is 3. The van der Waals surface area contributed by atoms with Crippen LogP contribution in [0, 0.1) is 11.3 Å². The number of allylic oxidation sites excluding steroid dienone is 4. The van der Waals surface area contributed by atoms with Gasteiger partial charge in [-0.2, -0.15) is 0 Å². The highest BCUT2D eigenvalue weighted by Crippen LogP contribution is 2.24. The Morgan fingerprint density at radius 1 is 1.18 bits per heavy atom. The number of rotatable bonds is 15. The minimum absolute atomic E-state index is 0.333. The summed E-state index contributed by atoms with van der Waals surface area (Å²) < 4.78 is 12.0. The highest BCUT2D eigenvalue weighted by Gasteiger charge is 2.18. The highest BCUT2D eigenvalue weighted by atomic mass is 19.1. The molecule has 0 aromatic heterocycles. The molecule has 0 saturated heterocycles. The van der Waals surface area contributed by atoms with E-state index in [2.05, 4.69) is 61.4 Å². The molecule has 0 aliphatic heterocycles. The average molecular weight is 391 g/mol. The fraction of sp³-hybridized carbons (Fsp3) is 0.609. The minimum atomic E-state index is -0.473. The van der Waals surface area contributed by atoms with Crippen LogP contribution < -0.4 is 5.32 Å². The molecule has 28 heavy (non-hydrogen) atoms. The highest BCUT2D eigenvalue weighted by molar-refractivity contribution is 5.70. The number of alkyl halides is 1. The van der Waals surface area contributed by atoms with Gasteiger partial charge in [-0.3, -0.25) is 15.0 Å². The van der Waals surface area contributed by atoms with E-state index in [0.717, 1.165) is 43.6 Å². The molecule has 0 heterocycles. The molecule has 158 valence electrons. The van der Waals surface area contributed by atoms with E-state index in [1.165, 1.54) is 6.08 Å². The predicted molar refractivity (Wildman–Crippen MR) is 124 cm³/mol. The fourth-order valence-corrected chi connectivity index (χ4v) is 2.42. The first kappa shape index (κ1) is 26.1. The van der Waals surface area contributed by atoms with Gasteiger partial charge in [0.1, 0.15) is 6.67 Å². The third-order valence-corrected chi connectivity index (χ3v) is 4.82. The van der Waals surface area contributed by atoms with Crippen molar-refractivity contribution in [3.8, 4) is 0 Å². The fourth-order valence-electron chi connectivity index (χ4n) is 2.42. The van der Waals surface area contributed by atoms with Gasteiger partial charge < -0.3 is 5.32 Å². The summed E-state index contributed by atoms with van der Waals surface area (Å²) in [5, 5.41) is 3.56. The molecule has 0 amide bonds. The molecule has 0 bridgehead atoms. The van der Waals surface area contributed by atoms with Gasteiger partial charge in [-0.15, -0.1) is 0 Å². The molecule has 0 aromatic carbocycles. The van der Waals surface area contributed by atoms with Gasteiger partial charge in [0.2, 0.25) is 0 Å². The third kappa shape index (κ3) is 13.3. The summed E-state index contributed by atoms with van der Waals surface area (Å²) in [5.74, 6) is 0.640. The third-order valence-electron chi connectivity index (χ3n) is 4.82. The molecular weight excluding hydrogens is 351 g/mol. The van der Waals surface area contributed by atoms with E-state index in [1.807, 2.05) is 6.08 Å². The number of nitrogens with one attached hydrogen (secondary N) is 1. The molecule has 0 saturated carbocycles. The number of halogens is 1. The largest absolute Gasteiger partial charge is 0.316 e. The maximum Gasteiger partial charge on any atom is 0.108 e. The zero-order valence-electron chi connectivity index (χ0n) is 18.3. The normalized spacial score (nSPS) is 14.8. The lowest BCUT2D eigenvalue weighted by atomic mass is 9.82. The van der Waals surface area contributed by atoms with Crippen LogP contribution in [0.4, 0.5) is 4.39 Å². The van der Waals surface area contributed by atoms with Gasteiger partial charge in [0.15, 0.2) is 0 Å². The predicted octanol–water partition coefficient (Wildman–Crippen LogP) is 5.58. The molecule has 0 fully saturated rings. The van der Waals surface area contributed by atoms with Crippen LogP contribution >= 0.6 is 0 Å². The van der Waals surface area contributed by atoms with E-state index in [1.54, 1.807) is 18.5 Å². The summed E-state index contributed by atoms with van der Waals surface area (Å²) in [6.45, 7) is 18.5. The molecule has 0 aromatic rings. The lowest BCUT2D eigenvalue weighted by Crippen LogP contribution is -2.30. The van der Waals surface area contributed by atoms with Crippen molar-refractivity contribution < 1.29 is 4.39 Å². The van der Waals surface area contributed by atoms with Crippen LogP contribution in [-0.4, -0.2) is 46.0 Å². The van der Waals surface area contributed by atoms with Gasteiger partial charge in [0.05, 0.1) is 0 Å². The van der Waals surface area contributed by atoms with Crippen LogP contribution in [0.3, 0.4) is 0 Å². The Kier molecular flexibility index (Phi) is 15.0. The van der Waals surface area contributed by atoms with Gasteiger partial charge in [-0.1, -0.05) is 33.8 Å². The first-order valence-electron chi connectivity index (χ1n) is 10.1. The second kappa shape index (κ2) is 16.1. The number of unbranched alkanes of at least 4 members (excludes halogenated alkanes) is 1. The van der Waals surface area contributed by atoms with Crippen molar-refractivity contribution in [1.82, 2.24) is 5.32 Å². The molecular formula is C23H39FN4. The summed E-state index contributed by atoms with van der Waals surface area (Å²) >= 11 is 0. The van der Waals surface area contributed by atoms with E-state index in [9.17, 15) is 4.39 Å². The van der Waals surface area contributed by atoms with Crippen LogP contribution in [0.5, 0.6) is 0 Å². The summed E-state index contributed by atoms with van der Waals surface area (Å²) in [4.78, 5) is 12.2. The van der Waals surface area contributed by atoms with Gasteiger partial charge >= 0.3 is 0 Å². The Hall–Kier alpha value is -1.88. The van der Waals surface area contributed by atoms with Crippen LogP contribution in [-0.2, 0) is 0 Å². The topological polar surface area (TPSA) is 49.1 Å². The minimum Gasteiger partial charge on any atom is -0.316 e. The van der Waals surface area contributed by atoms with E-state index >= 15 is 0 Å². The van der Waals surface area contributed by atoms with Crippen molar-refractivity contribution in [3.63, 3.8) is 0 Å². The monoisotopic (exact) mass is 390 g/mol. The summed E-state index contributed by atoms with van der Waals surface area (Å²) in [7, 11) is 0. The van der Waals surface area contributed by atoms with Crippen LogP contribution in [0.15, 0.2) is 50.7 Å². The van der Waals surface area contributed by atoms with Crippen molar-refractivity contribution in [2.75, 3.05) is 26.3 Å². The zero-order chi connectivity index (χ0) is 21.3. The Labute approximate surface area is 171 Å². The molecule has 0 aliphatic carbocycles. The van der Waals surface area contributed by atoms with Crippen molar-refractivity contribution in [2.24, 2.45) is 26.3 Å². The van der Waals surface area contributed by atoms with Crippen LogP contribution in [0.2, 0.25) is 0 Å². The quantitative estimate of drug-likeness (QED) is 0.221. The number of hydrogen-bond donors (Lipinski definition) is 1. The second-order valence-electron chi connectivity index (χ2n) is 7.94. The maximum atomic E-state index is 12.0. The molecule has 0 spiro atoms. The van der Waals surface area contributed by atoms with Crippen molar-refractivity contribution in [2.45, 2.75) is 53.4 Å². The SMILES string of the molecule is C=N/C=C\C(CCCCNCC(C)C(C)(C)C)=C(/CCN=C/C=C\CF)N=C. The lowest BCUT2D eigenvalue weighted by molar-refractivity contribution is 0.253. The van der Waals surface area contributed by atoms with Gasteiger partial charge in [-0.25, -0.2) is 4.39 Å². The maximum absolute atomic E-state index is 12.0. The van der Waals surface area contributed by atoms with Crippen molar-refractivity contribution >= 4 is 19.6 Å². The first-order valence-corrected chi connectivity index (χ1v) is 10.1. The Morgan fingerprint density at radius 2 is 1.93 bits per heavy atom. The Bertz CT molecular complexity index is 553. The van der Waals surface area contributed by atoms with Crippen molar-refractivity contribution in [3.05, 3.63) is 35.7 Å². The van der Waals surface area contributed by atoms with E-state index < -0.39 is 6.67 Å². The Morgan fingerprint density at radius 3 is 2.54 bits per heavy atom. The molecule has 1 atom stereocenters. The van der Waals surface area contributed by atoms with Crippen LogP contribution in [0.25, 0.3) is 0 Å². The average Bonchev–Trinajstić information content (AvgIpc) is 2.66. The molecule has 0 aliphatic rings. The summed E-state index contributed by atoms with van der Waals surface area (Å²) in [6.07, 6.45) is 12.1. The number of aliphatic imine (C=N–C) groups is 3. The second-order valence-corrected chi connectivity index (χ2v) is 7.94. The smallest absolute Gasteiger partial charge is 0.108 e.